The predicted molar refractivity (Wildman–Crippen MR) is 127 cm³/mol. The minimum Gasteiger partial charge on any atom is -0.489 e. The molecule has 3 rings (SSSR count). The van der Waals surface area contributed by atoms with Gasteiger partial charge >= 0.3 is 6.03 Å². The molecule has 0 unspecified atom stereocenters. The van der Waals surface area contributed by atoms with E-state index < -0.39 is 5.60 Å². The number of rotatable bonds is 9. The fraction of sp³-hybridized carbons (Fsp3) is 0.500. The molecular formula is C26H35FN2O4. The number of halogens is 1. The van der Waals surface area contributed by atoms with Gasteiger partial charge in [-0.15, -0.1) is 0 Å². The average Bonchev–Trinajstić information content (AvgIpc) is 2.85. The van der Waals surface area contributed by atoms with E-state index in [2.05, 4.69) is 6.92 Å². The molecule has 0 spiro atoms. The highest BCUT2D eigenvalue weighted by molar-refractivity contribution is 5.91. The number of hydrogen-bond donors (Lipinski definition) is 0. The van der Waals surface area contributed by atoms with Crippen molar-refractivity contribution in [3.05, 3.63) is 59.4 Å². The summed E-state index contributed by atoms with van der Waals surface area (Å²) in [6, 6.07) is 12.4. The zero-order chi connectivity index (χ0) is 23.8. The molecule has 180 valence electrons. The van der Waals surface area contributed by atoms with Gasteiger partial charge in [-0.25, -0.2) is 9.18 Å². The van der Waals surface area contributed by atoms with Crippen LogP contribution in [0.1, 0.15) is 44.2 Å². The standard InChI is InChI=1S/C26H35FN2O4/c1-5-13-29(6-2)25(30)28(3)23-9-7-20(8-10-23)19-33-24-17-21(16-22(27)18-24)26(31-4)11-14-32-15-12-26/h7-10,16-18H,5-6,11-15,19H2,1-4H3. The molecule has 0 atom stereocenters. The largest absolute Gasteiger partial charge is 0.489 e. The number of anilines is 1. The van der Waals surface area contributed by atoms with Crippen molar-refractivity contribution >= 4 is 11.7 Å². The molecular weight excluding hydrogens is 423 g/mol. The van der Waals surface area contributed by atoms with Crippen LogP contribution in [0, 0.1) is 5.82 Å². The summed E-state index contributed by atoms with van der Waals surface area (Å²) in [5, 5.41) is 0. The zero-order valence-electron chi connectivity index (χ0n) is 20.1. The molecule has 0 aliphatic carbocycles. The third-order valence-electron chi connectivity index (χ3n) is 6.25. The Labute approximate surface area is 196 Å². The molecule has 0 radical (unpaired) electrons. The number of ether oxygens (including phenoxy) is 3. The SMILES string of the molecule is CCCN(CC)C(=O)N(C)c1ccc(COc2cc(F)cc(C3(OC)CCOCC3)c2)cc1. The Bertz CT molecular complexity index is 913. The number of amides is 2. The molecule has 6 nitrogen and oxygen atoms in total. The molecule has 0 aromatic heterocycles. The molecule has 2 aromatic carbocycles. The lowest BCUT2D eigenvalue weighted by molar-refractivity contribution is -0.0950. The van der Waals surface area contributed by atoms with Gasteiger partial charge in [0.25, 0.3) is 0 Å². The van der Waals surface area contributed by atoms with E-state index in [1.165, 1.54) is 12.1 Å². The van der Waals surface area contributed by atoms with Gasteiger partial charge < -0.3 is 19.1 Å². The maximum Gasteiger partial charge on any atom is 0.324 e. The minimum atomic E-state index is -0.554. The van der Waals surface area contributed by atoms with E-state index in [-0.39, 0.29) is 11.8 Å². The summed E-state index contributed by atoms with van der Waals surface area (Å²) >= 11 is 0. The Balaban J connectivity index is 1.67. The fourth-order valence-corrected chi connectivity index (χ4v) is 4.18. The first-order valence-corrected chi connectivity index (χ1v) is 11.6. The molecule has 7 heteroatoms. The molecule has 2 amide bonds. The van der Waals surface area contributed by atoms with Crippen LogP contribution in [-0.4, -0.2) is 51.4 Å². The number of benzene rings is 2. The summed E-state index contributed by atoms with van der Waals surface area (Å²) in [5.74, 6) is 0.107. The van der Waals surface area contributed by atoms with Gasteiger partial charge in [-0.05, 0) is 48.7 Å². The van der Waals surface area contributed by atoms with Gasteiger partial charge in [-0.2, -0.15) is 0 Å². The highest BCUT2D eigenvalue weighted by atomic mass is 19.1. The van der Waals surface area contributed by atoms with Crippen molar-refractivity contribution in [2.24, 2.45) is 0 Å². The Morgan fingerprint density at radius 1 is 1.12 bits per heavy atom. The summed E-state index contributed by atoms with van der Waals surface area (Å²) in [4.78, 5) is 16.2. The second kappa shape index (κ2) is 11.5. The van der Waals surface area contributed by atoms with Gasteiger partial charge in [-0.3, -0.25) is 4.90 Å². The van der Waals surface area contributed by atoms with E-state index in [9.17, 15) is 9.18 Å². The van der Waals surface area contributed by atoms with E-state index in [4.69, 9.17) is 14.2 Å². The number of carbonyl (C=O) groups excluding carboxylic acids is 1. The summed E-state index contributed by atoms with van der Waals surface area (Å²) in [6.07, 6.45) is 2.27. The van der Waals surface area contributed by atoms with Crippen molar-refractivity contribution in [2.75, 3.05) is 45.4 Å². The van der Waals surface area contributed by atoms with E-state index in [0.29, 0.717) is 45.0 Å². The summed E-state index contributed by atoms with van der Waals surface area (Å²) in [6.45, 7) is 6.91. The molecule has 0 saturated carbocycles. The van der Waals surface area contributed by atoms with Gasteiger partial charge in [0.1, 0.15) is 18.2 Å². The number of carbonyl (C=O) groups is 1. The lowest BCUT2D eigenvalue weighted by Gasteiger charge is -2.36. The molecule has 1 aliphatic heterocycles. The van der Waals surface area contributed by atoms with Crippen molar-refractivity contribution in [3.8, 4) is 5.75 Å². The van der Waals surface area contributed by atoms with Crippen LogP contribution < -0.4 is 9.64 Å². The van der Waals surface area contributed by atoms with Crippen molar-refractivity contribution in [1.29, 1.82) is 0 Å². The predicted octanol–water partition coefficient (Wildman–Crippen LogP) is 5.34. The first-order valence-electron chi connectivity index (χ1n) is 11.6. The minimum absolute atomic E-state index is 0.0178. The molecule has 33 heavy (non-hydrogen) atoms. The van der Waals surface area contributed by atoms with Gasteiger partial charge in [0.05, 0.1) is 5.60 Å². The smallest absolute Gasteiger partial charge is 0.324 e. The number of methoxy groups -OCH3 is 1. The summed E-state index contributed by atoms with van der Waals surface area (Å²) in [5.41, 5.74) is 1.96. The highest BCUT2D eigenvalue weighted by Gasteiger charge is 2.35. The third-order valence-corrected chi connectivity index (χ3v) is 6.25. The number of hydrogen-bond acceptors (Lipinski definition) is 4. The molecule has 1 fully saturated rings. The van der Waals surface area contributed by atoms with Crippen LogP contribution in [0.15, 0.2) is 42.5 Å². The van der Waals surface area contributed by atoms with E-state index in [1.54, 1.807) is 19.1 Å². The van der Waals surface area contributed by atoms with Crippen molar-refractivity contribution in [3.63, 3.8) is 0 Å². The number of urea groups is 1. The van der Waals surface area contributed by atoms with Crippen LogP contribution in [0.25, 0.3) is 0 Å². The number of nitrogens with zero attached hydrogens (tertiary/aromatic N) is 2. The topological polar surface area (TPSA) is 51.2 Å². The quantitative estimate of drug-likeness (QED) is 0.509. The van der Waals surface area contributed by atoms with E-state index in [1.807, 2.05) is 42.2 Å². The van der Waals surface area contributed by atoms with E-state index >= 15 is 0 Å². The lowest BCUT2D eigenvalue weighted by Crippen LogP contribution is -2.41. The van der Waals surface area contributed by atoms with E-state index in [0.717, 1.165) is 29.8 Å². The Hall–Kier alpha value is -2.64. The van der Waals surface area contributed by atoms with Crippen LogP contribution in [-0.2, 0) is 21.7 Å². The van der Waals surface area contributed by atoms with Gasteiger partial charge in [0, 0.05) is 65.1 Å². The lowest BCUT2D eigenvalue weighted by atomic mass is 9.86. The van der Waals surface area contributed by atoms with Crippen LogP contribution in [0.5, 0.6) is 5.75 Å². The second-order valence-corrected chi connectivity index (χ2v) is 8.36. The maximum absolute atomic E-state index is 14.4. The first kappa shape index (κ1) is 25.0. The van der Waals surface area contributed by atoms with Gasteiger partial charge in [-0.1, -0.05) is 19.1 Å². The normalized spacial score (nSPS) is 15.2. The summed E-state index contributed by atoms with van der Waals surface area (Å²) < 4.78 is 31.5. The summed E-state index contributed by atoms with van der Waals surface area (Å²) in [7, 11) is 3.43. The maximum atomic E-state index is 14.4. The molecule has 1 aliphatic rings. The first-order chi connectivity index (χ1) is 15.9. The van der Waals surface area contributed by atoms with Crippen LogP contribution >= 0.6 is 0 Å². The zero-order valence-corrected chi connectivity index (χ0v) is 20.1. The van der Waals surface area contributed by atoms with Crippen molar-refractivity contribution in [2.45, 2.75) is 45.3 Å². The van der Waals surface area contributed by atoms with Gasteiger partial charge in [0.2, 0.25) is 0 Å². The van der Waals surface area contributed by atoms with Gasteiger partial charge in [0.15, 0.2) is 0 Å². The van der Waals surface area contributed by atoms with Crippen LogP contribution in [0.3, 0.4) is 0 Å². The molecule has 0 N–H and O–H groups in total. The average molecular weight is 459 g/mol. The molecule has 2 aromatic rings. The van der Waals surface area contributed by atoms with Crippen LogP contribution in [0.4, 0.5) is 14.9 Å². The second-order valence-electron chi connectivity index (χ2n) is 8.36. The Morgan fingerprint density at radius 3 is 2.42 bits per heavy atom. The van der Waals surface area contributed by atoms with Crippen molar-refractivity contribution in [1.82, 2.24) is 4.90 Å². The monoisotopic (exact) mass is 458 g/mol. The Morgan fingerprint density at radius 2 is 1.82 bits per heavy atom. The fourth-order valence-electron chi connectivity index (χ4n) is 4.18. The third kappa shape index (κ3) is 6.03. The molecule has 1 saturated heterocycles. The van der Waals surface area contributed by atoms with Crippen LogP contribution in [0.2, 0.25) is 0 Å². The Kier molecular flexibility index (Phi) is 8.69. The molecule has 0 bridgehead atoms. The highest BCUT2D eigenvalue weighted by Crippen LogP contribution is 2.37. The van der Waals surface area contributed by atoms with Crippen molar-refractivity contribution < 1.29 is 23.4 Å². The molecule has 1 heterocycles.